The van der Waals surface area contributed by atoms with Gasteiger partial charge >= 0.3 is 0 Å². The summed E-state index contributed by atoms with van der Waals surface area (Å²) in [6.07, 6.45) is 0. The predicted octanol–water partition coefficient (Wildman–Crippen LogP) is 2.42. The molecule has 0 fully saturated rings. The number of aromatic amines is 1. The first-order valence-corrected chi connectivity index (χ1v) is 6.41. The number of aromatic nitrogens is 2. The van der Waals surface area contributed by atoms with Gasteiger partial charge in [0.05, 0.1) is 11.3 Å². The normalized spacial score (nSPS) is 9.00. The second-order valence-corrected chi connectivity index (χ2v) is 3.79. The largest absolute Gasteiger partial charge is 0.281 e. The molecular weight excluding hydrogens is 271 g/mol. The molecule has 58 valence electrons. The summed E-state index contributed by atoms with van der Waals surface area (Å²) in [6, 6.07) is 0. The van der Waals surface area contributed by atoms with E-state index in [-0.39, 0.29) is 0 Å². The topological polar surface area (TPSA) is 28.7 Å². The number of H-pyrrole nitrogens is 1. The Morgan fingerprint density at radius 3 is 2.73 bits per heavy atom. The molecular formula is C7H7IN2S. The fourth-order valence-corrected chi connectivity index (χ4v) is 1.28. The molecule has 4 heteroatoms. The minimum Gasteiger partial charge on any atom is -0.281 e. The quantitative estimate of drug-likeness (QED) is 0.583. The Bertz CT molecular complexity index is 288. The van der Waals surface area contributed by atoms with Gasteiger partial charge in [-0.25, -0.2) is 0 Å². The molecule has 1 heterocycles. The fourth-order valence-electron chi connectivity index (χ4n) is 0.805. The van der Waals surface area contributed by atoms with Crippen molar-refractivity contribution in [2.24, 2.45) is 0 Å². The Kier molecular flexibility index (Phi) is 3.27. The molecule has 0 aliphatic rings. The summed E-state index contributed by atoms with van der Waals surface area (Å²) < 4.78 is 0. The Labute approximate surface area is 82.1 Å². The average molecular weight is 278 g/mol. The number of halogens is 1. The highest BCUT2D eigenvalue weighted by Gasteiger charge is 2.00. The van der Waals surface area contributed by atoms with Gasteiger partial charge in [0, 0.05) is 26.9 Å². The fraction of sp³-hybridized carbons (Fsp3) is 0.286. The molecule has 1 N–H and O–H groups in total. The lowest BCUT2D eigenvalue weighted by atomic mass is 10.2. The summed E-state index contributed by atoms with van der Waals surface area (Å²) in [7, 11) is 1.48. The first-order valence-electron chi connectivity index (χ1n) is 3.06. The molecule has 0 unspecified atom stereocenters. The summed E-state index contributed by atoms with van der Waals surface area (Å²) >= 11 is 2.15. The molecule has 0 saturated carbocycles. The van der Waals surface area contributed by atoms with Gasteiger partial charge in [0.15, 0.2) is 0 Å². The summed E-state index contributed by atoms with van der Waals surface area (Å²) in [4.78, 5) is 0. The van der Waals surface area contributed by atoms with Gasteiger partial charge in [-0.1, -0.05) is 5.92 Å². The van der Waals surface area contributed by atoms with Crippen LogP contribution in [-0.2, 0) is 0 Å². The van der Waals surface area contributed by atoms with Gasteiger partial charge in [-0.05, 0) is 28.0 Å². The van der Waals surface area contributed by atoms with Crippen molar-refractivity contribution in [2.45, 2.75) is 13.8 Å². The second-order valence-electron chi connectivity index (χ2n) is 2.11. The van der Waals surface area contributed by atoms with Crippen LogP contribution in [0.15, 0.2) is 0 Å². The summed E-state index contributed by atoms with van der Waals surface area (Å²) in [5.74, 6) is 3.02. The molecule has 0 atom stereocenters. The van der Waals surface area contributed by atoms with E-state index in [4.69, 9.17) is 0 Å². The average Bonchev–Trinajstić information content (AvgIpc) is 2.29. The molecule has 0 saturated heterocycles. The molecule has 1 rings (SSSR count). The van der Waals surface area contributed by atoms with Gasteiger partial charge in [0.25, 0.3) is 0 Å². The van der Waals surface area contributed by atoms with Gasteiger partial charge in [-0.15, -0.1) is 0 Å². The number of aryl methyl sites for hydroxylation is 2. The SMILES string of the molecule is Cc1n[nH]c(C)c1C#CSI. The zero-order valence-electron chi connectivity index (χ0n) is 6.23. The van der Waals surface area contributed by atoms with Gasteiger partial charge < -0.3 is 0 Å². The molecule has 1 aromatic heterocycles. The lowest BCUT2D eigenvalue weighted by molar-refractivity contribution is 1.02. The second kappa shape index (κ2) is 4.02. The Morgan fingerprint density at radius 2 is 2.27 bits per heavy atom. The van der Waals surface area contributed by atoms with Crippen LogP contribution in [0.5, 0.6) is 0 Å². The third-order valence-electron chi connectivity index (χ3n) is 1.34. The van der Waals surface area contributed by atoms with E-state index in [0.717, 1.165) is 17.0 Å². The molecule has 0 aliphatic carbocycles. The number of hydrogen-bond acceptors (Lipinski definition) is 2. The lowest BCUT2D eigenvalue weighted by Crippen LogP contribution is -1.77. The molecule has 0 aliphatic heterocycles. The van der Waals surface area contributed by atoms with E-state index in [1.54, 1.807) is 0 Å². The van der Waals surface area contributed by atoms with Crippen LogP contribution in [0.2, 0.25) is 0 Å². The van der Waals surface area contributed by atoms with Crippen molar-refractivity contribution in [3.8, 4) is 11.2 Å². The first kappa shape index (κ1) is 8.94. The van der Waals surface area contributed by atoms with Crippen LogP contribution in [0.1, 0.15) is 17.0 Å². The van der Waals surface area contributed by atoms with Crippen molar-refractivity contribution >= 4 is 30.1 Å². The molecule has 1 aromatic rings. The van der Waals surface area contributed by atoms with Gasteiger partial charge in [-0.3, -0.25) is 5.10 Å². The molecule has 0 radical (unpaired) electrons. The van der Waals surface area contributed by atoms with Crippen LogP contribution in [0.3, 0.4) is 0 Å². The Balaban J connectivity index is 3.01. The predicted molar refractivity (Wildman–Crippen MR) is 56.6 cm³/mol. The van der Waals surface area contributed by atoms with Crippen molar-refractivity contribution < 1.29 is 0 Å². The van der Waals surface area contributed by atoms with E-state index >= 15 is 0 Å². The van der Waals surface area contributed by atoms with Crippen LogP contribution in [0.25, 0.3) is 0 Å². The van der Waals surface area contributed by atoms with E-state index < -0.39 is 0 Å². The minimum atomic E-state index is 0.973. The zero-order valence-corrected chi connectivity index (χ0v) is 9.21. The highest BCUT2D eigenvalue weighted by Crippen LogP contribution is 2.11. The number of nitrogens with zero attached hydrogens (tertiary/aromatic N) is 1. The summed E-state index contributed by atoms with van der Waals surface area (Å²) in [5.41, 5.74) is 3.04. The van der Waals surface area contributed by atoms with Crippen molar-refractivity contribution in [2.75, 3.05) is 0 Å². The summed E-state index contributed by atoms with van der Waals surface area (Å²) in [6.45, 7) is 3.92. The van der Waals surface area contributed by atoms with Gasteiger partial charge in [0.1, 0.15) is 0 Å². The van der Waals surface area contributed by atoms with E-state index in [1.807, 2.05) is 13.8 Å². The number of rotatable bonds is 0. The van der Waals surface area contributed by atoms with Crippen LogP contribution in [0, 0.1) is 25.0 Å². The smallest absolute Gasteiger partial charge is 0.0750 e. The third-order valence-corrected chi connectivity index (χ3v) is 2.18. The maximum Gasteiger partial charge on any atom is 0.0750 e. The molecule has 11 heavy (non-hydrogen) atoms. The maximum atomic E-state index is 4.03. The molecule has 0 aromatic carbocycles. The highest BCUT2D eigenvalue weighted by atomic mass is 127. The van der Waals surface area contributed by atoms with Crippen LogP contribution in [0.4, 0.5) is 0 Å². The van der Waals surface area contributed by atoms with Crippen molar-refractivity contribution in [1.29, 1.82) is 0 Å². The van der Waals surface area contributed by atoms with Crippen LogP contribution in [-0.4, -0.2) is 10.2 Å². The van der Waals surface area contributed by atoms with E-state index in [0.29, 0.717) is 0 Å². The Morgan fingerprint density at radius 1 is 1.55 bits per heavy atom. The third kappa shape index (κ3) is 2.14. The van der Waals surface area contributed by atoms with Crippen molar-refractivity contribution in [3.05, 3.63) is 17.0 Å². The lowest BCUT2D eigenvalue weighted by Gasteiger charge is -1.84. The summed E-state index contributed by atoms with van der Waals surface area (Å²) in [5, 5.41) is 9.84. The number of nitrogens with one attached hydrogen (secondary N) is 1. The number of hydrogen-bond donors (Lipinski definition) is 1. The Hall–Kier alpha value is -0.150. The first-order chi connectivity index (χ1) is 5.25. The van der Waals surface area contributed by atoms with Gasteiger partial charge in [-0.2, -0.15) is 5.10 Å². The molecule has 2 nitrogen and oxygen atoms in total. The molecule has 0 amide bonds. The van der Waals surface area contributed by atoms with Crippen LogP contribution < -0.4 is 0 Å². The molecule has 0 spiro atoms. The zero-order chi connectivity index (χ0) is 8.27. The van der Waals surface area contributed by atoms with E-state index in [2.05, 4.69) is 42.6 Å². The molecule has 0 bridgehead atoms. The maximum absolute atomic E-state index is 4.03. The highest BCUT2D eigenvalue weighted by molar-refractivity contribution is 14.2. The van der Waals surface area contributed by atoms with Crippen LogP contribution >= 0.6 is 30.1 Å². The van der Waals surface area contributed by atoms with E-state index in [9.17, 15) is 0 Å². The van der Waals surface area contributed by atoms with Gasteiger partial charge in [0.2, 0.25) is 0 Å². The van der Waals surface area contributed by atoms with Crippen molar-refractivity contribution in [1.82, 2.24) is 10.2 Å². The van der Waals surface area contributed by atoms with Crippen molar-refractivity contribution in [3.63, 3.8) is 0 Å². The van der Waals surface area contributed by atoms with E-state index in [1.165, 1.54) is 8.93 Å². The standard InChI is InChI=1S/C7H7IN2S/c1-5-7(3-4-11-8)6(2)10-9-5/h1-2H3,(H,9,10). The minimum absolute atomic E-state index is 0.973. The monoisotopic (exact) mass is 278 g/mol.